The average molecular weight is 427 g/mol. The molecule has 3 aromatic heterocycles. The fraction of sp³-hybridized carbons (Fsp3) is 0.150. The first-order valence-corrected chi connectivity index (χ1v) is 10.5. The van der Waals surface area contributed by atoms with Gasteiger partial charge in [0.25, 0.3) is 0 Å². The van der Waals surface area contributed by atoms with Crippen molar-refractivity contribution >= 4 is 34.4 Å². The molecule has 3 heterocycles. The van der Waals surface area contributed by atoms with Gasteiger partial charge in [0.1, 0.15) is 5.01 Å². The van der Waals surface area contributed by atoms with E-state index in [-0.39, 0.29) is 12.3 Å². The van der Waals surface area contributed by atoms with Gasteiger partial charge in [0.2, 0.25) is 5.91 Å². The molecular formula is C20H18N4O3S2. The van der Waals surface area contributed by atoms with Crippen molar-refractivity contribution in [3.8, 4) is 32.6 Å². The number of thiophene rings is 1. The van der Waals surface area contributed by atoms with Crippen LogP contribution in [0.15, 0.2) is 47.2 Å². The van der Waals surface area contributed by atoms with Crippen molar-refractivity contribution in [1.82, 2.24) is 15.2 Å². The summed E-state index contributed by atoms with van der Waals surface area (Å²) in [7, 11) is 3.19. The minimum absolute atomic E-state index is 0.168. The number of anilines is 1. The summed E-state index contributed by atoms with van der Waals surface area (Å²) in [6.45, 7) is 0. The summed E-state index contributed by atoms with van der Waals surface area (Å²) in [5.41, 5.74) is 2.48. The Kier molecular flexibility index (Phi) is 5.59. The van der Waals surface area contributed by atoms with E-state index in [2.05, 4.69) is 20.5 Å². The van der Waals surface area contributed by atoms with Crippen molar-refractivity contribution in [2.45, 2.75) is 6.42 Å². The first kappa shape index (κ1) is 19.2. The topological polar surface area (TPSA) is 89.1 Å². The Bertz CT molecular complexity index is 1120. The lowest BCUT2D eigenvalue weighted by Crippen LogP contribution is -2.14. The lowest BCUT2D eigenvalue weighted by atomic mass is 10.2. The number of H-pyrrole nitrogens is 1. The van der Waals surface area contributed by atoms with Gasteiger partial charge in [0.15, 0.2) is 17.3 Å². The van der Waals surface area contributed by atoms with Crippen molar-refractivity contribution in [3.63, 3.8) is 0 Å². The number of benzene rings is 1. The molecule has 29 heavy (non-hydrogen) atoms. The number of hydrogen-bond donors (Lipinski definition) is 2. The molecule has 0 unspecified atom stereocenters. The zero-order valence-electron chi connectivity index (χ0n) is 15.8. The highest BCUT2D eigenvalue weighted by atomic mass is 32.1. The van der Waals surface area contributed by atoms with E-state index in [1.165, 1.54) is 11.3 Å². The van der Waals surface area contributed by atoms with Gasteiger partial charge < -0.3 is 14.8 Å². The second-order valence-corrected chi connectivity index (χ2v) is 7.89. The smallest absolute Gasteiger partial charge is 0.231 e. The normalized spacial score (nSPS) is 10.7. The van der Waals surface area contributed by atoms with Crippen LogP contribution in [0.3, 0.4) is 0 Å². The third-order valence-corrected chi connectivity index (χ3v) is 6.00. The number of ether oxygens (including phenoxy) is 2. The molecule has 1 aromatic carbocycles. The predicted molar refractivity (Wildman–Crippen MR) is 115 cm³/mol. The van der Waals surface area contributed by atoms with Gasteiger partial charge in [-0.05, 0) is 29.6 Å². The Morgan fingerprint density at radius 1 is 1.14 bits per heavy atom. The molecule has 0 bridgehead atoms. The van der Waals surface area contributed by atoms with Gasteiger partial charge in [-0.2, -0.15) is 5.10 Å². The molecule has 0 atom stereocenters. The summed E-state index contributed by atoms with van der Waals surface area (Å²) in [6.07, 6.45) is 0.172. The van der Waals surface area contributed by atoms with E-state index >= 15 is 0 Å². The third kappa shape index (κ3) is 4.30. The molecule has 0 radical (unpaired) electrons. The predicted octanol–water partition coefficient (Wildman–Crippen LogP) is 4.46. The van der Waals surface area contributed by atoms with Crippen LogP contribution in [0, 0.1) is 0 Å². The molecule has 0 spiro atoms. The maximum absolute atomic E-state index is 12.4. The third-order valence-electron chi connectivity index (χ3n) is 4.16. The van der Waals surface area contributed by atoms with Gasteiger partial charge in [0, 0.05) is 17.0 Å². The molecule has 4 rings (SSSR count). The first-order valence-electron chi connectivity index (χ1n) is 8.72. The highest BCUT2D eigenvalue weighted by molar-refractivity contribution is 7.13. The van der Waals surface area contributed by atoms with Crippen LogP contribution in [-0.2, 0) is 11.2 Å². The zero-order chi connectivity index (χ0) is 20.2. The number of amides is 1. The van der Waals surface area contributed by atoms with Crippen LogP contribution in [0.25, 0.3) is 21.1 Å². The molecule has 0 aliphatic carbocycles. The number of thiazole rings is 1. The van der Waals surface area contributed by atoms with E-state index in [9.17, 15) is 4.79 Å². The quantitative estimate of drug-likeness (QED) is 0.455. The number of nitrogens with zero attached hydrogens (tertiary/aromatic N) is 2. The summed E-state index contributed by atoms with van der Waals surface area (Å²) >= 11 is 3.09. The van der Waals surface area contributed by atoms with Gasteiger partial charge in [-0.15, -0.1) is 22.7 Å². The number of methoxy groups -OCH3 is 2. The summed E-state index contributed by atoms with van der Waals surface area (Å²) in [4.78, 5) is 18.0. The van der Waals surface area contributed by atoms with E-state index in [1.807, 2.05) is 47.2 Å². The van der Waals surface area contributed by atoms with Crippen LogP contribution in [0.4, 0.5) is 5.82 Å². The summed E-state index contributed by atoms with van der Waals surface area (Å²) in [5.74, 6) is 1.63. The average Bonchev–Trinajstić information content (AvgIpc) is 3.49. The second kappa shape index (κ2) is 8.46. The van der Waals surface area contributed by atoms with Gasteiger partial charge in [-0.3, -0.25) is 9.89 Å². The second-order valence-electron chi connectivity index (χ2n) is 6.08. The van der Waals surface area contributed by atoms with Crippen LogP contribution in [0.1, 0.15) is 5.69 Å². The van der Waals surface area contributed by atoms with Crippen LogP contribution < -0.4 is 14.8 Å². The minimum Gasteiger partial charge on any atom is -0.493 e. The molecule has 9 heteroatoms. The molecule has 0 aliphatic heterocycles. The maximum Gasteiger partial charge on any atom is 0.231 e. The fourth-order valence-electron chi connectivity index (χ4n) is 2.79. The Labute approximate surface area is 175 Å². The van der Waals surface area contributed by atoms with E-state index in [4.69, 9.17) is 9.47 Å². The molecule has 0 saturated heterocycles. The van der Waals surface area contributed by atoms with Crippen LogP contribution >= 0.6 is 22.7 Å². The number of aromatic nitrogens is 3. The van der Waals surface area contributed by atoms with Crippen molar-refractivity contribution < 1.29 is 14.3 Å². The van der Waals surface area contributed by atoms with Gasteiger partial charge in [-0.25, -0.2) is 4.98 Å². The molecule has 4 aromatic rings. The fourth-order valence-corrected chi connectivity index (χ4v) is 4.29. The highest BCUT2D eigenvalue weighted by Gasteiger charge is 2.13. The monoisotopic (exact) mass is 426 g/mol. The highest BCUT2D eigenvalue weighted by Crippen LogP contribution is 2.33. The molecule has 148 valence electrons. The number of aromatic amines is 1. The van der Waals surface area contributed by atoms with Crippen LogP contribution in [-0.4, -0.2) is 35.3 Å². The Hall–Kier alpha value is -3.17. The van der Waals surface area contributed by atoms with Gasteiger partial charge >= 0.3 is 0 Å². The number of carbonyl (C=O) groups excluding carboxylic acids is 1. The number of rotatable bonds is 7. The summed E-state index contributed by atoms with van der Waals surface area (Å²) in [6, 6.07) is 11.4. The summed E-state index contributed by atoms with van der Waals surface area (Å²) < 4.78 is 10.6. The molecule has 0 aliphatic rings. The van der Waals surface area contributed by atoms with Crippen molar-refractivity contribution in [2.75, 3.05) is 19.5 Å². The maximum atomic E-state index is 12.4. The van der Waals surface area contributed by atoms with E-state index < -0.39 is 0 Å². The van der Waals surface area contributed by atoms with Crippen molar-refractivity contribution in [1.29, 1.82) is 0 Å². The molecule has 2 N–H and O–H groups in total. The number of hydrogen-bond acceptors (Lipinski definition) is 7. The van der Waals surface area contributed by atoms with Crippen LogP contribution in [0.5, 0.6) is 11.5 Å². The lowest BCUT2D eigenvalue weighted by molar-refractivity contribution is -0.115. The molecular weight excluding hydrogens is 408 g/mol. The zero-order valence-corrected chi connectivity index (χ0v) is 17.4. The van der Waals surface area contributed by atoms with Crippen LogP contribution in [0.2, 0.25) is 0 Å². The largest absolute Gasteiger partial charge is 0.493 e. The first-order chi connectivity index (χ1) is 14.2. The van der Waals surface area contributed by atoms with E-state index in [1.54, 1.807) is 25.6 Å². The molecule has 7 nitrogen and oxygen atoms in total. The molecule has 1 amide bonds. The number of carbonyl (C=O) groups is 1. The Morgan fingerprint density at radius 2 is 2.00 bits per heavy atom. The Balaban J connectivity index is 1.42. The van der Waals surface area contributed by atoms with E-state index in [0.717, 1.165) is 21.1 Å². The van der Waals surface area contributed by atoms with E-state index in [0.29, 0.717) is 23.0 Å². The van der Waals surface area contributed by atoms with Crippen molar-refractivity contribution in [2.24, 2.45) is 0 Å². The molecule has 0 saturated carbocycles. The SMILES string of the molecule is COc1ccc(-c2nc(CC(=O)Nc3cc(-c4cccs4)[nH]n3)cs2)cc1OC. The molecule has 0 fully saturated rings. The Morgan fingerprint density at radius 3 is 2.76 bits per heavy atom. The van der Waals surface area contributed by atoms with Gasteiger partial charge in [0.05, 0.1) is 36.9 Å². The standard InChI is InChI=1S/C20H18N4O3S2/c1-26-15-6-5-12(8-16(15)27-2)20-21-13(11-29-20)9-19(25)22-18-10-14(23-24-18)17-4-3-7-28-17/h3-8,10-11H,9H2,1-2H3,(H2,22,23,24,25). The minimum atomic E-state index is -0.168. The summed E-state index contributed by atoms with van der Waals surface area (Å²) in [5, 5.41) is 14.6. The number of nitrogens with one attached hydrogen (secondary N) is 2. The van der Waals surface area contributed by atoms with Crippen molar-refractivity contribution in [3.05, 3.63) is 52.9 Å². The van der Waals surface area contributed by atoms with Gasteiger partial charge in [-0.1, -0.05) is 6.07 Å². The lowest BCUT2D eigenvalue weighted by Gasteiger charge is -2.08.